The summed E-state index contributed by atoms with van der Waals surface area (Å²) in [6, 6.07) is 2.03. The fourth-order valence-electron chi connectivity index (χ4n) is 5.61. The number of fused-ring (bicyclic) bond motifs is 3. The Balaban J connectivity index is 2.00. The number of anilines is 1. The fraction of sp³-hybridized carbons (Fsp3) is 0.364. The first-order chi connectivity index (χ1) is 15.8. The van der Waals surface area contributed by atoms with Crippen molar-refractivity contribution in [2.75, 3.05) is 19.4 Å². The van der Waals surface area contributed by atoms with Gasteiger partial charge in [-0.3, -0.25) is 14.4 Å². The number of carbonyl (C=O) groups is 3. The number of aliphatic hydroxyl groups is 3. The van der Waals surface area contributed by atoms with E-state index in [1.165, 1.54) is 12.1 Å². The molecule has 0 saturated heterocycles. The molecule has 4 rings (SSSR count). The van der Waals surface area contributed by atoms with Crippen LogP contribution in [0.25, 0.3) is 0 Å². The van der Waals surface area contributed by atoms with E-state index in [0.717, 1.165) is 0 Å². The first-order valence-electron chi connectivity index (χ1n) is 10.4. The number of carbonyl (C=O) groups excluding carboxylic acids is 3. The molecule has 0 aromatic heterocycles. The van der Waals surface area contributed by atoms with Gasteiger partial charge in [0.15, 0.2) is 16.5 Å². The van der Waals surface area contributed by atoms with Gasteiger partial charge >= 0.3 is 0 Å². The lowest BCUT2D eigenvalue weighted by Crippen LogP contribution is -2.65. The van der Waals surface area contributed by atoms with E-state index in [4.69, 9.17) is 23.7 Å². The molecular formula is C22H24N4O7S. The van der Waals surface area contributed by atoms with Gasteiger partial charge in [-0.1, -0.05) is 0 Å². The molecule has 9 N–H and O–H groups in total. The van der Waals surface area contributed by atoms with Crippen LogP contribution < -0.4 is 16.8 Å². The van der Waals surface area contributed by atoms with Crippen molar-refractivity contribution in [1.82, 2.24) is 4.90 Å². The zero-order valence-electron chi connectivity index (χ0n) is 18.3. The first-order valence-corrected chi connectivity index (χ1v) is 10.8. The first kappa shape index (κ1) is 23.7. The Hall–Kier alpha value is -3.48. The molecule has 0 radical (unpaired) electrons. The molecule has 3 aliphatic rings. The zero-order chi connectivity index (χ0) is 25.3. The summed E-state index contributed by atoms with van der Waals surface area (Å²) in [6.07, 6.45) is -0.229. The molecule has 180 valence electrons. The Morgan fingerprint density at radius 2 is 1.82 bits per heavy atom. The number of hydrogen-bond acceptors (Lipinski definition) is 9. The van der Waals surface area contributed by atoms with Crippen molar-refractivity contribution in [3.8, 4) is 5.75 Å². The summed E-state index contributed by atoms with van der Waals surface area (Å²) < 4.78 is 0. The molecular weight excluding hydrogens is 464 g/mol. The third kappa shape index (κ3) is 3.10. The summed E-state index contributed by atoms with van der Waals surface area (Å²) in [7, 11) is 3.33. The van der Waals surface area contributed by atoms with E-state index >= 15 is 0 Å². The number of amides is 1. The van der Waals surface area contributed by atoms with Crippen LogP contribution in [0.1, 0.15) is 22.3 Å². The second-order valence-electron chi connectivity index (χ2n) is 8.92. The van der Waals surface area contributed by atoms with Crippen molar-refractivity contribution in [3.05, 3.63) is 45.9 Å². The monoisotopic (exact) mass is 488 g/mol. The number of nitrogens with zero attached hydrogens (tertiary/aromatic N) is 1. The number of ketones is 2. The van der Waals surface area contributed by atoms with Crippen LogP contribution in [0, 0.1) is 11.8 Å². The summed E-state index contributed by atoms with van der Waals surface area (Å²) in [4.78, 5) is 40.3. The number of aromatic hydroxyl groups is 1. The van der Waals surface area contributed by atoms with E-state index in [0.29, 0.717) is 11.3 Å². The third-order valence-corrected chi connectivity index (χ3v) is 7.01. The number of allylic oxidation sites excluding steroid dienone is 1. The summed E-state index contributed by atoms with van der Waals surface area (Å²) in [5.41, 5.74) is 7.76. The predicted molar refractivity (Wildman–Crippen MR) is 124 cm³/mol. The lowest BCUT2D eigenvalue weighted by molar-refractivity contribution is -0.149. The number of aliphatic hydroxyl groups excluding tert-OH is 2. The quantitative estimate of drug-likeness (QED) is 0.168. The van der Waals surface area contributed by atoms with Gasteiger partial charge in [0.25, 0.3) is 5.91 Å². The van der Waals surface area contributed by atoms with Crippen LogP contribution in [0.3, 0.4) is 0 Å². The Kier molecular flexibility index (Phi) is 5.42. The molecule has 1 aromatic carbocycles. The minimum Gasteiger partial charge on any atom is -0.511 e. The molecule has 2 unspecified atom stereocenters. The summed E-state index contributed by atoms with van der Waals surface area (Å²) in [6.45, 7) is 0. The second-order valence-corrected chi connectivity index (χ2v) is 9.36. The Labute approximate surface area is 199 Å². The van der Waals surface area contributed by atoms with Crippen molar-refractivity contribution in [2.45, 2.75) is 24.5 Å². The Morgan fingerprint density at radius 3 is 2.38 bits per heavy atom. The molecule has 0 saturated carbocycles. The number of phenols is 1. The SMILES string of the molecule is CN(C)[C@H]1C2Cc3c(NC(N)=S)ccc(O)c3C(=O)C2=C(O)[C@]2(O)C(=O)C(C(N)=O)=C(O)CC12. The van der Waals surface area contributed by atoms with Gasteiger partial charge < -0.3 is 42.1 Å². The van der Waals surface area contributed by atoms with Crippen LogP contribution >= 0.6 is 12.2 Å². The Morgan fingerprint density at radius 1 is 1.18 bits per heavy atom. The van der Waals surface area contributed by atoms with Gasteiger partial charge in [-0.05, 0) is 50.4 Å². The smallest absolute Gasteiger partial charge is 0.255 e. The number of thiocarbonyl (C=S) groups is 1. The highest BCUT2D eigenvalue weighted by atomic mass is 32.1. The standard InChI is InChI=1S/C22H24N4O7S/c1-26(2)16-8-5-7-10(25-21(24)34)3-4-11(27)13(7)17(29)14(8)18(30)22(33)9(16)6-12(28)15(19(22)31)20(23)32/h3-4,8-9,16,27-28,30,33H,5-6H2,1-2H3,(H2,23,32)(H3,24,25,34)/t8?,9?,16-,22-/m0/s1. The van der Waals surface area contributed by atoms with Crippen LogP contribution in [0.4, 0.5) is 5.69 Å². The van der Waals surface area contributed by atoms with Crippen LogP contribution in [-0.2, 0) is 16.0 Å². The molecule has 0 aliphatic heterocycles. The number of primary amides is 1. The highest BCUT2D eigenvalue weighted by Gasteiger charge is 2.63. The van der Waals surface area contributed by atoms with E-state index in [2.05, 4.69) is 5.32 Å². The number of hydrogen-bond donors (Lipinski definition) is 7. The number of Topliss-reactive ketones (excluding diaryl/α,β-unsaturated/α-hetero) is 2. The van der Waals surface area contributed by atoms with Gasteiger partial charge in [0.1, 0.15) is 22.8 Å². The van der Waals surface area contributed by atoms with E-state index in [9.17, 15) is 34.8 Å². The fourth-order valence-corrected chi connectivity index (χ4v) is 5.72. The normalized spacial score (nSPS) is 28.4. The average Bonchev–Trinajstić information content (AvgIpc) is 2.72. The summed E-state index contributed by atoms with van der Waals surface area (Å²) in [5.74, 6) is -7.06. The molecule has 0 spiro atoms. The molecule has 11 nitrogen and oxygen atoms in total. The Bertz CT molecular complexity index is 1240. The molecule has 3 aliphatic carbocycles. The minimum atomic E-state index is -2.67. The number of phenolic OH excluding ortho intramolecular Hbond substituents is 1. The van der Waals surface area contributed by atoms with Gasteiger partial charge in [0.2, 0.25) is 5.78 Å². The maximum atomic E-state index is 13.6. The molecule has 1 aromatic rings. The highest BCUT2D eigenvalue weighted by molar-refractivity contribution is 7.80. The van der Waals surface area contributed by atoms with Crippen molar-refractivity contribution >= 4 is 40.5 Å². The molecule has 0 fully saturated rings. The van der Waals surface area contributed by atoms with E-state index in [-0.39, 0.29) is 34.8 Å². The van der Waals surface area contributed by atoms with Crippen LogP contribution in [0.15, 0.2) is 34.8 Å². The second kappa shape index (κ2) is 7.79. The van der Waals surface area contributed by atoms with Crippen molar-refractivity contribution in [3.63, 3.8) is 0 Å². The zero-order valence-corrected chi connectivity index (χ0v) is 19.1. The van der Waals surface area contributed by atoms with Gasteiger partial charge in [0.05, 0.1) is 5.56 Å². The number of nitrogens with two attached hydrogens (primary N) is 2. The molecule has 0 heterocycles. The highest BCUT2D eigenvalue weighted by Crippen LogP contribution is 2.53. The number of nitrogens with one attached hydrogen (secondary N) is 1. The topological polar surface area (TPSA) is 199 Å². The van der Waals surface area contributed by atoms with Gasteiger partial charge in [0, 0.05) is 35.6 Å². The lowest BCUT2D eigenvalue weighted by atomic mass is 9.57. The van der Waals surface area contributed by atoms with Crippen LogP contribution in [0.2, 0.25) is 0 Å². The van der Waals surface area contributed by atoms with Gasteiger partial charge in [-0.2, -0.15) is 0 Å². The minimum absolute atomic E-state index is 0.0568. The molecule has 12 heteroatoms. The molecule has 1 amide bonds. The third-order valence-electron chi connectivity index (χ3n) is 6.91. The number of benzene rings is 1. The van der Waals surface area contributed by atoms with Crippen molar-refractivity contribution in [2.24, 2.45) is 23.3 Å². The summed E-state index contributed by atoms with van der Waals surface area (Å²) in [5, 5.41) is 46.4. The van der Waals surface area contributed by atoms with Crippen molar-refractivity contribution < 1.29 is 34.8 Å². The van der Waals surface area contributed by atoms with Gasteiger partial charge in [-0.15, -0.1) is 0 Å². The maximum absolute atomic E-state index is 13.6. The number of rotatable bonds is 3. The van der Waals surface area contributed by atoms with E-state index < -0.39 is 58.0 Å². The molecule has 34 heavy (non-hydrogen) atoms. The van der Waals surface area contributed by atoms with E-state index in [1.807, 2.05) is 0 Å². The summed E-state index contributed by atoms with van der Waals surface area (Å²) >= 11 is 4.91. The molecule has 4 atom stereocenters. The van der Waals surface area contributed by atoms with Crippen molar-refractivity contribution in [1.29, 1.82) is 0 Å². The van der Waals surface area contributed by atoms with Crippen LogP contribution in [-0.4, -0.2) is 73.7 Å². The predicted octanol–water partition coefficient (Wildman–Crippen LogP) is -0.224. The van der Waals surface area contributed by atoms with E-state index in [1.54, 1.807) is 19.0 Å². The maximum Gasteiger partial charge on any atom is 0.255 e. The largest absolute Gasteiger partial charge is 0.511 e. The van der Waals surface area contributed by atoms with Gasteiger partial charge in [-0.25, -0.2) is 0 Å². The molecule has 0 bridgehead atoms. The lowest BCUT2D eigenvalue weighted by Gasteiger charge is -2.52. The van der Waals surface area contributed by atoms with Crippen LogP contribution in [0.5, 0.6) is 5.75 Å². The average molecular weight is 489 g/mol.